The zero-order chi connectivity index (χ0) is 17.9. The van der Waals surface area contributed by atoms with Gasteiger partial charge in [-0.2, -0.15) is 0 Å². The number of carbonyl (C=O) groups is 1. The summed E-state index contributed by atoms with van der Waals surface area (Å²) in [5.74, 6) is 0.412. The number of hydrogen-bond acceptors (Lipinski definition) is 6. The van der Waals surface area contributed by atoms with Crippen LogP contribution in [0.3, 0.4) is 0 Å². The van der Waals surface area contributed by atoms with Crippen LogP contribution in [-0.2, 0) is 17.8 Å². The van der Waals surface area contributed by atoms with Gasteiger partial charge in [-0.15, -0.1) is 0 Å². The number of aryl methyl sites for hydroxylation is 1. The van der Waals surface area contributed by atoms with E-state index in [1.165, 1.54) is 0 Å². The number of nitrogens with one attached hydrogen (secondary N) is 1. The first kappa shape index (κ1) is 16.7. The molecule has 1 fully saturated rings. The summed E-state index contributed by atoms with van der Waals surface area (Å²) < 4.78 is 12.6. The van der Waals surface area contributed by atoms with Crippen molar-refractivity contribution >= 4 is 11.6 Å². The van der Waals surface area contributed by atoms with E-state index in [1.807, 2.05) is 35.9 Å². The molecule has 0 aromatic carbocycles. The Kier molecular flexibility index (Phi) is 4.68. The van der Waals surface area contributed by atoms with E-state index in [0.717, 1.165) is 43.2 Å². The number of fused-ring (bicyclic) bond motifs is 1. The van der Waals surface area contributed by atoms with Gasteiger partial charge in [-0.05, 0) is 18.6 Å². The molecule has 1 amide bonds. The number of rotatable bonds is 5. The number of morpholine rings is 1. The van der Waals surface area contributed by atoms with Gasteiger partial charge in [0.05, 0.1) is 32.0 Å². The van der Waals surface area contributed by atoms with E-state index < -0.39 is 0 Å². The first-order valence-corrected chi connectivity index (χ1v) is 8.65. The molecule has 3 aromatic heterocycles. The molecule has 0 bridgehead atoms. The zero-order valence-electron chi connectivity index (χ0n) is 14.6. The lowest BCUT2D eigenvalue weighted by Gasteiger charge is -2.25. The SMILES string of the molecule is Cc1ccc2nc(CNC(=O)c3cc(CN4CCOCC4)on3)cn2c1. The summed E-state index contributed by atoms with van der Waals surface area (Å²) in [5.41, 5.74) is 3.09. The van der Waals surface area contributed by atoms with E-state index in [4.69, 9.17) is 9.26 Å². The monoisotopic (exact) mass is 355 g/mol. The molecule has 3 aromatic rings. The van der Waals surface area contributed by atoms with Crippen molar-refractivity contribution in [3.63, 3.8) is 0 Å². The number of aromatic nitrogens is 3. The van der Waals surface area contributed by atoms with Crippen LogP contribution in [0.1, 0.15) is 27.5 Å². The number of amides is 1. The standard InChI is InChI=1S/C18H21N5O3/c1-13-2-3-17-20-14(11-23(17)10-13)9-19-18(24)16-8-15(26-21-16)12-22-4-6-25-7-5-22/h2-3,8,10-11H,4-7,9,12H2,1H3,(H,19,24). The van der Waals surface area contributed by atoms with Gasteiger partial charge in [0.1, 0.15) is 5.65 Å². The summed E-state index contributed by atoms with van der Waals surface area (Å²) in [7, 11) is 0. The minimum absolute atomic E-state index is 0.268. The molecule has 0 aliphatic carbocycles. The molecule has 8 nitrogen and oxygen atoms in total. The second-order valence-corrected chi connectivity index (χ2v) is 6.45. The third-order valence-corrected chi connectivity index (χ3v) is 4.35. The molecule has 8 heteroatoms. The van der Waals surface area contributed by atoms with Crippen molar-refractivity contribution in [1.82, 2.24) is 24.8 Å². The smallest absolute Gasteiger partial charge is 0.273 e. The number of ether oxygens (including phenoxy) is 1. The second kappa shape index (κ2) is 7.27. The first-order chi connectivity index (χ1) is 12.7. The Morgan fingerprint density at radius 3 is 2.96 bits per heavy atom. The van der Waals surface area contributed by atoms with Gasteiger partial charge in [-0.25, -0.2) is 4.98 Å². The highest BCUT2D eigenvalue weighted by atomic mass is 16.5. The molecule has 26 heavy (non-hydrogen) atoms. The first-order valence-electron chi connectivity index (χ1n) is 8.65. The Morgan fingerprint density at radius 1 is 1.27 bits per heavy atom. The lowest BCUT2D eigenvalue weighted by atomic mass is 10.3. The maximum Gasteiger partial charge on any atom is 0.273 e. The molecule has 4 heterocycles. The highest BCUT2D eigenvalue weighted by molar-refractivity contribution is 5.92. The van der Waals surface area contributed by atoms with Crippen LogP contribution in [0.15, 0.2) is 35.1 Å². The van der Waals surface area contributed by atoms with Crippen LogP contribution in [0.5, 0.6) is 0 Å². The van der Waals surface area contributed by atoms with Gasteiger partial charge in [0.2, 0.25) is 0 Å². The van der Waals surface area contributed by atoms with Gasteiger partial charge >= 0.3 is 0 Å². The Labute approximate surface area is 150 Å². The predicted molar refractivity (Wildman–Crippen MR) is 93.7 cm³/mol. The number of pyridine rings is 1. The second-order valence-electron chi connectivity index (χ2n) is 6.45. The number of nitrogens with zero attached hydrogens (tertiary/aromatic N) is 4. The van der Waals surface area contributed by atoms with Gasteiger partial charge in [-0.1, -0.05) is 11.2 Å². The molecule has 0 saturated carbocycles. The topological polar surface area (TPSA) is 84.9 Å². The summed E-state index contributed by atoms with van der Waals surface area (Å²) in [6.45, 7) is 6.16. The van der Waals surface area contributed by atoms with Crippen LogP contribution in [-0.4, -0.2) is 51.7 Å². The number of imidazole rings is 1. The van der Waals surface area contributed by atoms with Gasteiger partial charge in [-0.3, -0.25) is 9.69 Å². The van der Waals surface area contributed by atoms with Crippen LogP contribution in [0, 0.1) is 6.92 Å². The summed E-state index contributed by atoms with van der Waals surface area (Å²) in [4.78, 5) is 19.0. The fraction of sp³-hybridized carbons (Fsp3) is 0.389. The molecule has 1 aliphatic rings. The van der Waals surface area contributed by atoms with E-state index in [2.05, 4.69) is 20.4 Å². The van der Waals surface area contributed by atoms with Crippen molar-refractivity contribution in [2.45, 2.75) is 20.0 Å². The van der Waals surface area contributed by atoms with E-state index in [1.54, 1.807) is 6.07 Å². The molecule has 1 N–H and O–H groups in total. The van der Waals surface area contributed by atoms with Crippen molar-refractivity contribution in [3.8, 4) is 0 Å². The molecule has 0 unspecified atom stereocenters. The van der Waals surface area contributed by atoms with Gasteiger partial charge in [0.15, 0.2) is 11.5 Å². The Balaban J connectivity index is 1.35. The molecule has 1 aliphatic heterocycles. The van der Waals surface area contributed by atoms with Gasteiger partial charge in [0, 0.05) is 31.5 Å². The average Bonchev–Trinajstić information content (AvgIpc) is 3.27. The normalized spacial score (nSPS) is 15.4. The average molecular weight is 355 g/mol. The predicted octanol–water partition coefficient (Wildman–Crippen LogP) is 1.39. The summed E-state index contributed by atoms with van der Waals surface area (Å²) in [6.07, 6.45) is 3.92. The van der Waals surface area contributed by atoms with Crippen molar-refractivity contribution in [3.05, 3.63) is 53.3 Å². The lowest BCUT2D eigenvalue weighted by Crippen LogP contribution is -2.35. The quantitative estimate of drug-likeness (QED) is 0.745. The summed E-state index contributed by atoms with van der Waals surface area (Å²) >= 11 is 0. The molecule has 0 atom stereocenters. The lowest BCUT2D eigenvalue weighted by molar-refractivity contribution is 0.0305. The minimum Gasteiger partial charge on any atom is -0.379 e. The number of hydrogen-bond donors (Lipinski definition) is 1. The Morgan fingerprint density at radius 2 is 2.12 bits per heavy atom. The maximum atomic E-state index is 12.3. The molecular weight excluding hydrogens is 334 g/mol. The van der Waals surface area contributed by atoms with E-state index >= 15 is 0 Å². The van der Waals surface area contributed by atoms with Crippen LogP contribution in [0.2, 0.25) is 0 Å². The molecule has 0 spiro atoms. The Hall–Kier alpha value is -2.71. The molecule has 4 rings (SSSR count). The van der Waals surface area contributed by atoms with E-state index in [0.29, 0.717) is 18.8 Å². The van der Waals surface area contributed by atoms with E-state index in [-0.39, 0.29) is 11.6 Å². The van der Waals surface area contributed by atoms with Crippen molar-refractivity contribution in [2.24, 2.45) is 0 Å². The molecule has 136 valence electrons. The maximum absolute atomic E-state index is 12.3. The minimum atomic E-state index is -0.268. The largest absolute Gasteiger partial charge is 0.379 e. The molecular formula is C18H21N5O3. The number of carbonyl (C=O) groups excluding carboxylic acids is 1. The third kappa shape index (κ3) is 3.76. The summed E-state index contributed by atoms with van der Waals surface area (Å²) in [6, 6.07) is 5.66. The van der Waals surface area contributed by atoms with Crippen molar-refractivity contribution in [1.29, 1.82) is 0 Å². The highest BCUT2D eigenvalue weighted by Crippen LogP contribution is 2.10. The van der Waals surface area contributed by atoms with Crippen molar-refractivity contribution < 1.29 is 14.1 Å². The van der Waals surface area contributed by atoms with Crippen molar-refractivity contribution in [2.75, 3.05) is 26.3 Å². The van der Waals surface area contributed by atoms with E-state index in [9.17, 15) is 4.79 Å². The fourth-order valence-electron chi connectivity index (χ4n) is 2.98. The van der Waals surface area contributed by atoms with Crippen LogP contribution < -0.4 is 5.32 Å². The highest BCUT2D eigenvalue weighted by Gasteiger charge is 2.17. The van der Waals surface area contributed by atoms with Gasteiger partial charge in [0.25, 0.3) is 5.91 Å². The zero-order valence-corrected chi connectivity index (χ0v) is 14.6. The van der Waals surface area contributed by atoms with Crippen LogP contribution in [0.25, 0.3) is 5.65 Å². The van der Waals surface area contributed by atoms with Crippen LogP contribution >= 0.6 is 0 Å². The van der Waals surface area contributed by atoms with Gasteiger partial charge < -0.3 is 19.0 Å². The fourth-order valence-corrected chi connectivity index (χ4v) is 2.98. The van der Waals surface area contributed by atoms with Crippen LogP contribution in [0.4, 0.5) is 0 Å². The third-order valence-electron chi connectivity index (χ3n) is 4.35. The Bertz CT molecular complexity index is 911. The molecule has 0 radical (unpaired) electrons. The summed E-state index contributed by atoms with van der Waals surface area (Å²) in [5, 5.41) is 6.71. The molecule has 1 saturated heterocycles.